The molecule has 4 heterocycles. The number of aryl methyl sites for hydroxylation is 1. The molecular weight excluding hydrogens is 420 g/mol. The lowest BCUT2D eigenvalue weighted by molar-refractivity contribution is 0.415. The molecule has 0 amide bonds. The predicted octanol–water partition coefficient (Wildman–Crippen LogP) is 4.51. The van der Waals surface area contributed by atoms with Crippen molar-refractivity contribution >= 4 is 27.5 Å². The van der Waals surface area contributed by atoms with Crippen molar-refractivity contribution in [3.8, 4) is 28.3 Å². The van der Waals surface area contributed by atoms with Crippen LogP contribution < -0.4 is 9.64 Å². The van der Waals surface area contributed by atoms with Crippen molar-refractivity contribution in [2.75, 3.05) is 36.6 Å². The molecule has 0 spiro atoms. The quantitative estimate of drug-likeness (QED) is 0.481. The van der Waals surface area contributed by atoms with Gasteiger partial charge < -0.3 is 9.64 Å². The Morgan fingerprint density at radius 1 is 1.09 bits per heavy atom. The highest BCUT2D eigenvalue weighted by atomic mass is 32.2. The highest BCUT2D eigenvalue weighted by molar-refractivity contribution is 7.86. The van der Waals surface area contributed by atoms with Gasteiger partial charge in [0.25, 0.3) is 0 Å². The number of H-pyrrole nitrogens is 1. The molecule has 0 radical (unpaired) electrons. The van der Waals surface area contributed by atoms with Gasteiger partial charge in [-0.15, -0.1) is 10.7 Å². The maximum Gasteiger partial charge on any atom is 0.147 e. The summed E-state index contributed by atoms with van der Waals surface area (Å²) in [5.41, 5.74) is 7.59. The van der Waals surface area contributed by atoms with Crippen molar-refractivity contribution in [1.29, 1.82) is 4.78 Å². The van der Waals surface area contributed by atoms with Crippen molar-refractivity contribution < 1.29 is 4.74 Å². The second kappa shape index (κ2) is 8.35. The van der Waals surface area contributed by atoms with E-state index in [9.17, 15) is 0 Å². The minimum atomic E-state index is -0.206. The van der Waals surface area contributed by atoms with Gasteiger partial charge >= 0.3 is 0 Å². The second-order valence-corrected chi connectivity index (χ2v) is 9.85. The van der Waals surface area contributed by atoms with Crippen LogP contribution in [0.4, 0.5) is 5.82 Å². The molecule has 0 bridgehead atoms. The Labute approximate surface area is 189 Å². The molecule has 164 valence electrons. The first-order chi connectivity index (χ1) is 15.5. The molecule has 0 aliphatic carbocycles. The number of aromatic nitrogens is 4. The van der Waals surface area contributed by atoms with Gasteiger partial charge in [-0.25, -0.2) is 9.97 Å². The van der Waals surface area contributed by atoms with Crippen molar-refractivity contribution in [3.63, 3.8) is 0 Å². The summed E-state index contributed by atoms with van der Waals surface area (Å²) in [6, 6.07) is 12.3. The van der Waals surface area contributed by atoms with Gasteiger partial charge in [0.05, 0.1) is 12.6 Å². The van der Waals surface area contributed by atoms with Gasteiger partial charge in [0.15, 0.2) is 0 Å². The van der Waals surface area contributed by atoms with E-state index >= 15 is 0 Å². The molecule has 1 fully saturated rings. The number of aromatic amines is 1. The SMILES string of the molecule is COc1cc2[nH]nc(-c3ccc(N4CCS(=N)CC4)nc3)c2nc1-c1cccc(C)c1C. The van der Waals surface area contributed by atoms with Gasteiger partial charge in [-0.3, -0.25) is 9.88 Å². The molecule has 8 heteroatoms. The average Bonchev–Trinajstić information content (AvgIpc) is 3.23. The normalized spacial score (nSPS) is 14.8. The fourth-order valence-electron chi connectivity index (χ4n) is 4.08. The molecule has 1 saturated heterocycles. The van der Waals surface area contributed by atoms with E-state index in [0.717, 1.165) is 64.0 Å². The standard InChI is InChI=1S/C24H26N6OS/c1-15-5-4-6-18(16(15)2)23-20(31-3)13-19-24(27-23)22(29-28-19)17-7-8-21(26-14-17)30-9-11-32(25)12-10-30/h4-8,13-14,25H,9-12H2,1-3H3,(H,28,29). The zero-order valence-electron chi connectivity index (χ0n) is 18.5. The number of rotatable bonds is 4. The van der Waals surface area contributed by atoms with Crippen LogP contribution in [0.5, 0.6) is 5.75 Å². The van der Waals surface area contributed by atoms with Crippen LogP contribution in [0.1, 0.15) is 11.1 Å². The molecule has 2 N–H and O–H groups in total. The first-order valence-corrected chi connectivity index (χ1v) is 12.2. The molecule has 0 saturated carbocycles. The molecule has 32 heavy (non-hydrogen) atoms. The molecule has 4 aromatic rings. The van der Waals surface area contributed by atoms with E-state index in [1.165, 1.54) is 11.1 Å². The smallest absolute Gasteiger partial charge is 0.147 e. The van der Waals surface area contributed by atoms with E-state index in [1.54, 1.807) is 7.11 Å². The number of anilines is 1. The number of nitrogens with zero attached hydrogens (tertiary/aromatic N) is 4. The molecule has 1 aliphatic heterocycles. The van der Waals surface area contributed by atoms with Gasteiger partial charge in [-0.2, -0.15) is 5.10 Å². The number of benzene rings is 1. The van der Waals surface area contributed by atoms with Gasteiger partial charge in [-0.1, -0.05) is 18.2 Å². The Bertz CT molecular complexity index is 1300. The van der Waals surface area contributed by atoms with Gasteiger partial charge in [0.1, 0.15) is 28.5 Å². The number of nitrogens with one attached hydrogen (secondary N) is 2. The van der Waals surface area contributed by atoms with Crippen molar-refractivity contribution in [2.24, 2.45) is 0 Å². The zero-order valence-corrected chi connectivity index (χ0v) is 19.3. The summed E-state index contributed by atoms with van der Waals surface area (Å²) in [7, 11) is 1.46. The fourth-order valence-corrected chi connectivity index (χ4v) is 5.17. The van der Waals surface area contributed by atoms with Gasteiger partial charge in [0.2, 0.25) is 0 Å². The summed E-state index contributed by atoms with van der Waals surface area (Å²) in [4.78, 5) is 11.9. The van der Waals surface area contributed by atoms with Crippen molar-refractivity contribution in [2.45, 2.75) is 13.8 Å². The third-order valence-electron chi connectivity index (χ3n) is 6.14. The van der Waals surface area contributed by atoms with E-state index < -0.39 is 0 Å². The topological polar surface area (TPSA) is 90.8 Å². The van der Waals surface area contributed by atoms with E-state index in [-0.39, 0.29) is 10.7 Å². The first kappa shape index (κ1) is 20.6. The van der Waals surface area contributed by atoms with Crippen LogP contribution in [0.15, 0.2) is 42.6 Å². The van der Waals surface area contributed by atoms with Crippen LogP contribution in [-0.2, 0) is 10.7 Å². The summed E-state index contributed by atoms with van der Waals surface area (Å²) < 4.78 is 13.6. The van der Waals surface area contributed by atoms with Gasteiger partial charge in [-0.05, 0) is 37.1 Å². The second-order valence-electron chi connectivity index (χ2n) is 8.05. The molecule has 0 unspecified atom stereocenters. The Kier molecular flexibility index (Phi) is 5.38. The lowest BCUT2D eigenvalue weighted by Crippen LogP contribution is -2.37. The summed E-state index contributed by atoms with van der Waals surface area (Å²) in [6.07, 6.45) is 1.86. The van der Waals surface area contributed by atoms with Crippen LogP contribution in [0.2, 0.25) is 0 Å². The molecule has 0 atom stereocenters. The Balaban J connectivity index is 1.55. The number of pyridine rings is 2. The Morgan fingerprint density at radius 2 is 1.91 bits per heavy atom. The van der Waals surface area contributed by atoms with Crippen LogP contribution in [0, 0.1) is 18.6 Å². The van der Waals surface area contributed by atoms with Crippen LogP contribution in [0.25, 0.3) is 33.5 Å². The van der Waals surface area contributed by atoms with E-state index in [4.69, 9.17) is 19.5 Å². The predicted molar refractivity (Wildman–Crippen MR) is 131 cm³/mol. The highest BCUT2D eigenvalue weighted by Gasteiger charge is 2.19. The van der Waals surface area contributed by atoms with E-state index in [2.05, 4.69) is 47.1 Å². The summed E-state index contributed by atoms with van der Waals surface area (Å²) >= 11 is 0. The first-order valence-electron chi connectivity index (χ1n) is 10.6. The number of fused-ring (bicyclic) bond motifs is 1. The molecule has 1 aromatic carbocycles. The maximum absolute atomic E-state index is 7.92. The van der Waals surface area contributed by atoms with Crippen LogP contribution >= 0.6 is 0 Å². The van der Waals surface area contributed by atoms with Crippen LogP contribution in [0.3, 0.4) is 0 Å². The summed E-state index contributed by atoms with van der Waals surface area (Å²) in [6.45, 7) is 6.00. The molecular formula is C24H26N6OS. The Morgan fingerprint density at radius 3 is 2.62 bits per heavy atom. The number of ether oxygens (including phenoxy) is 1. The average molecular weight is 447 g/mol. The highest BCUT2D eigenvalue weighted by Crippen LogP contribution is 2.36. The summed E-state index contributed by atoms with van der Waals surface area (Å²) in [5.74, 6) is 3.50. The van der Waals surface area contributed by atoms with Crippen LogP contribution in [-0.4, -0.2) is 51.9 Å². The maximum atomic E-state index is 7.92. The molecule has 5 rings (SSSR count). The Hall–Kier alpha value is -3.26. The zero-order chi connectivity index (χ0) is 22.2. The molecule has 7 nitrogen and oxygen atoms in total. The van der Waals surface area contributed by atoms with E-state index in [0.29, 0.717) is 5.75 Å². The number of methoxy groups -OCH3 is 1. The third kappa shape index (κ3) is 3.64. The van der Waals surface area contributed by atoms with Crippen molar-refractivity contribution in [3.05, 3.63) is 53.7 Å². The minimum Gasteiger partial charge on any atom is -0.494 e. The summed E-state index contributed by atoms with van der Waals surface area (Å²) in [5, 5.41) is 7.65. The van der Waals surface area contributed by atoms with Gasteiger partial charge in [0, 0.05) is 48.0 Å². The number of hydrogen-bond donors (Lipinski definition) is 2. The number of hydrogen-bond acceptors (Lipinski definition) is 6. The molecule has 3 aromatic heterocycles. The third-order valence-corrected chi connectivity index (χ3v) is 7.49. The largest absolute Gasteiger partial charge is 0.494 e. The fraction of sp³-hybridized carbons (Fsp3) is 0.292. The van der Waals surface area contributed by atoms with Crippen molar-refractivity contribution in [1.82, 2.24) is 20.2 Å². The monoisotopic (exact) mass is 446 g/mol. The molecule has 1 aliphatic rings. The lowest BCUT2D eigenvalue weighted by atomic mass is 9.99. The van der Waals surface area contributed by atoms with E-state index in [1.807, 2.05) is 24.4 Å². The lowest BCUT2D eigenvalue weighted by Gasteiger charge is -2.28. The minimum absolute atomic E-state index is 0.206.